The highest BCUT2D eigenvalue weighted by molar-refractivity contribution is 7.21. The molecular weight excluding hydrogens is 398 g/mol. The molecule has 0 unspecified atom stereocenters. The number of nitro groups is 1. The lowest BCUT2D eigenvalue weighted by atomic mass is 10.1. The smallest absolute Gasteiger partial charge is 0.270 e. The molecule has 0 amide bonds. The molecule has 7 nitrogen and oxygen atoms in total. The molecule has 0 saturated heterocycles. The molecule has 8 heteroatoms. The maximum Gasteiger partial charge on any atom is 0.270 e. The van der Waals surface area contributed by atoms with E-state index in [1.165, 1.54) is 29.0 Å². The average molecular weight is 417 g/mol. The first-order valence-electron chi connectivity index (χ1n) is 9.32. The second-order valence-corrected chi connectivity index (χ2v) is 7.93. The third-order valence-corrected chi connectivity index (χ3v) is 5.60. The molecular formula is C22H19N5O2S. The molecule has 0 radical (unpaired) electrons. The van der Waals surface area contributed by atoms with Crippen molar-refractivity contribution in [2.75, 3.05) is 11.9 Å². The molecule has 0 spiro atoms. The topological polar surface area (TPSA) is 84.0 Å². The Labute approximate surface area is 177 Å². The van der Waals surface area contributed by atoms with Gasteiger partial charge in [0.2, 0.25) is 5.13 Å². The standard InChI is InChI=1S/C22H19N5O2S/c1-15-12-17(26(2)14-16-6-4-3-5-7-16)8-10-19(15)24-25-22-23-20-11-9-18(27(28)29)13-21(20)30-22/h3-13H,14H2,1-2H3. The normalized spacial score (nSPS) is 11.3. The summed E-state index contributed by atoms with van der Waals surface area (Å²) < 4.78 is 0.716. The van der Waals surface area contributed by atoms with E-state index >= 15 is 0 Å². The van der Waals surface area contributed by atoms with Gasteiger partial charge in [-0.1, -0.05) is 41.7 Å². The van der Waals surface area contributed by atoms with Crippen molar-refractivity contribution < 1.29 is 4.92 Å². The van der Waals surface area contributed by atoms with Gasteiger partial charge in [0, 0.05) is 31.4 Å². The first-order chi connectivity index (χ1) is 14.5. The maximum atomic E-state index is 10.9. The van der Waals surface area contributed by atoms with E-state index in [1.54, 1.807) is 6.07 Å². The van der Waals surface area contributed by atoms with Crippen LogP contribution in [0.4, 0.5) is 22.2 Å². The fourth-order valence-electron chi connectivity index (χ4n) is 3.09. The number of fused-ring (bicyclic) bond motifs is 1. The predicted molar refractivity (Wildman–Crippen MR) is 120 cm³/mol. The number of nitro benzene ring substituents is 1. The number of anilines is 1. The van der Waals surface area contributed by atoms with Crippen LogP contribution in [0.15, 0.2) is 77.0 Å². The van der Waals surface area contributed by atoms with Crippen LogP contribution >= 0.6 is 11.3 Å². The number of aromatic nitrogens is 1. The fourth-order valence-corrected chi connectivity index (χ4v) is 3.91. The molecule has 0 aliphatic rings. The van der Waals surface area contributed by atoms with Crippen molar-refractivity contribution >= 4 is 43.7 Å². The Kier molecular flexibility index (Phi) is 5.49. The van der Waals surface area contributed by atoms with E-state index in [4.69, 9.17) is 0 Å². The molecule has 1 aromatic heterocycles. The molecule has 4 rings (SSSR count). The fraction of sp³-hybridized carbons (Fsp3) is 0.136. The summed E-state index contributed by atoms with van der Waals surface area (Å²) in [7, 11) is 2.06. The Balaban J connectivity index is 1.51. The SMILES string of the molecule is Cc1cc(N(C)Cc2ccccc2)ccc1N=Nc1nc2ccc([N+](=O)[O-])cc2s1. The number of aryl methyl sites for hydroxylation is 1. The zero-order valence-corrected chi connectivity index (χ0v) is 17.3. The van der Waals surface area contributed by atoms with Crippen molar-refractivity contribution in [1.82, 2.24) is 4.98 Å². The summed E-state index contributed by atoms with van der Waals surface area (Å²) in [5, 5.41) is 20.0. The summed E-state index contributed by atoms with van der Waals surface area (Å²) >= 11 is 1.28. The molecule has 0 atom stereocenters. The molecule has 1 heterocycles. The van der Waals surface area contributed by atoms with Crippen molar-refractivity contribution in [2.45, 2.75) is 13.5 Å². The van der Waals surface area contributed by atoms with Crippen molar-refractivity contribution in [3.63, 3.8) is 0 Å². The van der Waals surface area contributed by atoms with Crippen LogP contribution in [0, 0.1) is 17.0 Å². The number of benzene rings is 3. The third kappa shape index (κ3) is 4.33. The van der Waals surface area contributed by atoms with E-state index < -0.39 is 4.92 Å². The average Bonchev–Trinajstić information content (AvgIpc) is 3.15. The third-order valence-electron chi connectivity index (χ3n) is 4.70. The number of rotatable bonds is 6. The van der Waals surface area contributed by atoms with Crippen LogP contribution < -0.4 is 4.90 Å². The molecule has 0 N–H and O–H groups in total. The van der Waals surface area contributed by atoms with Gasteiger partial charge in [0.1, 0.15) is 0 Å². The Morgan fingerprint density at radius 2 is 1.87 bits per heavy atom. The lowest BCUT2D eigenvalue weighted by molar-refractivity contribution is -0.384. The van der Waals surface area contributed by atoms with Gasteiger partial charge in [0.15, 0.2) is 0 Å². The van der Waals surface area contributed by atoms with E-state index in [2.05, 4.69) is 45.4 Å². The van der Waals surface area contributed by atoms with Crippen LogP contribution in [-0.2, 0) is 6.54 Å². The minimum atomic E-state index is -0.417. The molecule has 0 saturated carbocycles. The first kappa shape index (κ1) is 19.7. The molecule has 30 heavy (non-hydrogen) atoms. The highest BCUT2D eigenvalue weighted by atomic mass is 32.1. The number of hydrogen-bond donors (Lipinski definition) is 0. The van der Waals surface area contributed by atoms with Gasteiger partial charge >= 0.3 is 0 Å². The van der Waals surface area contributed by atoms with Crippen molar-refractivity contribution in [3.8, 4) is 0 Å². The molecule has 0 bridgehead atoms. The lowest BCUT2D eigenvalue weighted by Gasteiger charge is -2.20. The highest BCUT2D eigenvalue weighted by Crippen LogP contribution is 2.33. The first-order valence-corrected chi connectivity index (χ1v) is 10.1. The summed E-state index contributed by atoms with van der Waals surface area (Å²) in [4.78, 5) is 17.1. The molecule has 150 valence electrons. The van der Waals surface area contributed by atoms with Gasteiger partial charge in [-0.25, -0.2) is 4.98 Å². The molecule has 0 fully saturated rings. The lowest BCUT2D eigenvalue weighted by Crippen LogP contribution is -2.16. The molecule has 0 aliphatic carbocycles. The second-order valence-electron chi connectivity index (χ2n) is 6.92. The van der Waals surface area contributed by atoms with Crippen LogP contribution in [0.2, 0.25) is 0 Å². The molecule has 3 aromatic carbocycles. The van der Waals surface area contributed by atoms with Gasteiger partial charge in [0.05, 0.1) is 20.8 Å². The maximum absolute atomic E-state index is 10.9. The monoisotopic (exact) mass is 417 g/mol. The van der Waals surface area contributed by atoms with Crippen molar-refractivity contribution in [3.05, 3.63) is 88.0 Å². The summed E-state index contributed by atoms with van der Waals surface area (Å²) in [6, 6.07) is 20.9. The summed E-state index contributed by atoms with van der Waals surface area (Å²) in [6.45, 7) is 2.81. The number of hydrogen-bond acceptors (Lipinski definition) is 7. The van der Waals surface area contributed by atoms with E-state index in [0.29, 0.717) is 15.3 Å². The minimum Gasteiger partial charge on any atom is -0.370 e. The molecule has 0 aliphatic heterocycles. The number of thiazole rings is 1. The molecule has 4 aromatic rings. The quantitative estimate of drug-likeness (QED) is 0.202. The van der Waals surface area contributed by atoms with Gasteiger partial charge in [0.25, 0.3) is 5.69 Å². The predicted octanol–water partition coefficient (Wildman–Crippen LogP) is 6.56. The van der Waals surface area contributed by atoms with Gasteiger partial charge in [-0.15, -0.1) is 10.2 Å². The van der Waals surface area contributed by atoms with Crippen LogP contribution in [0.25, 0.3) is 10.2 Å². The van der Waals surface area contributed by atoms with Gasteiger partial charge in [-0.2, -0.15) is 0 Å². The van der Waals surface area contributed by atoms with Gasteiger partial charge in [-0.3, -0.25) is 10.1 Å². The summed E-state index contributed by atoms with van der Waals surface area (Å²) in [6.07, 6.45) is 0. The van der Waals surface area contributed by atoms with Crippen LogP contribution in [0.5, 0.6) is 0 Å². The van der Waals surface area contributed by atoms with Crippen LogP contribution in [-0.4, -0.2) is 17.0 Å². The highest BCUT2D eigenvalue weighted by Gasteiger charge is 2.10. The Hall–Kier alpha value is -3.65. The van der Waals surface area contributed by atoms with E-state index in [1.807, 2.05) is 37.3 Å². The van der Waals surface area contributed by atoms with E-state index in [-0.39, 0.29) is 5.69 Å². The van der Waals surface area contributed by atoms with E-state index in [0.717, 1.165) is 23.5 Å². The zero-order chi connectivity index (χ0) is 21.1. The number of azo groups is 1. The minimum absolute atomic E-state index is 0.0423. The van der Waals surface area contributed by atoms with Crippen molar-refractivity contribution in [2.24, 2.45) is 10.2 Å². The largest absolute Gasteiger partial charge is 0.370 e. The number of non-ortho nitro benzene ring substituents is 1. The van der Waals surface area contributed by atoms with E-state index in [9.17, 15) is 10.1 Å². The summed E-state index contributed by atoms with van der Waals surface area (Å²) in [5.41, 5.74) is 4.83. The summed E-state index contributed by atoms with van der Waals surface area (Å²) in [5.74, 6) is 0. The van der Waals surface area contributed by atoms with Crippen LogP contribution in [0.1, 0.15) is 11.1 Å². The van der Waals surface area contributed by atoms with Crippen molar-refractivity contribution in [1.29, 1.82) is 0 Å². The Morgan fingerprint density at radius 1 is 1.07 bits per heavy atom. The Morgan fingerprint density at radius 3 is 2.60 bits per heavy atom. The second kappa shape index (κ2) is 8.38. The number of nitrogens with zero attached hydrogens (tertiary/aromatic N) is 5. The zero-order valence-electron chi connectivity index (χ0n) is 16.5. The Bertz CT molecular complexity index is 1240. The van der Waals surface area contributed by atoms with Gasteiger partial charge < -0.3 is 4.90 Å². The van der Waals surface area contributed by atoms with Crippen LogP contribution in [0.3, 0.4) is 0 Å². The van der Waals surface area contributed by atoms with Gasteiger partial charge in [-0.05, 0) is 42.3 Å².